The molecule has 1 aromatic heterocycles. The summed E-state index contributed by atoms with van der Waals surface area (Å²) in [5.41, 5.74) is -0.589. The van der Waals surface area contributed by atoms with Crippen LogP contribution in [-0.4, -0.2) is 39.9 Å². The second-order valence-corrected chi connectivity index (χ2v) is 7.03. The molecule has 0 spiro atoms. The van der Waals surface area contributed by atoms with Gasteiger partial charge in [-0.2, -0.15) is 5.10 Å². The standard InChI is InChI=1S/C18H15ClF4N4O2S/c1-26-17(28)10(24-18(26)30)6-8-3-4-11(29-2)9(5-8)7-27-14(16(22)23)12(19)13(25-27)15(20)21/h3-6,15-16H,7H2,1-2H3,(H,24,30)/b10-6+. The molecule has 1 aliphatic rings. The van der Waals surface area contributed by atoms with Crippen LogP contribution in [0.5, 0.6) is 5.75 Å². The fourth-order valence-electron chi connectivity index (χ4n) is 2.90. The lowest BCUT2D eigenvalue weighted by molar-refractivity contribution is -0.121. The minimum Gasteiger partial charge on any atom is -0.496 e. The van der Waals surface area contributed by atoms with Crippen LogP contribution in [0.25, 0.3) is 6.08 Å². The molecule has 6 nitrogen and oxygen atoms in total. The van der Waals surface area contributed by atoms with E-state index in [-0.39, 0.29) is 23.3 Å². The zero-order valence-corrected chi connectivity index (χ0v) is 17.2. The van der Waals surface area contributed by atoms with Crippen LogP contribution in [0.3, 0.4) is 0 Å². The molecule has 0 radical (unpaired) electrons. The summed E-state index contributed by atoms with van der Waals surface area (Å²) in [5.74, 6) is -0.0151. The van der Waals surface area contributed by atoms with Crippen molar-refractivity contribution in [1.82, 2.24) is 20.0 Å². The van der Waals surface area contributed by atoms with Crippen molar-refractivity contribution in [1.29, 1.82) is 0 Å². The lowest BCUT2D eigenvalue weighted by Crippen LogP contribution is -2.25. The van der Waals surface area contributed by atoms with Gasteiger partial charge < -0.3 is 10.1 Å². The molecule has 0 atom stereocenters. The number of ether oxygens (including phenoxy) is 1. The molecule has 12 heteroatoms. The monoisotopic (exact) mass is 462 g/mol. The van der Waals surface area contributed by atoms with E-state index in [0.29, 0.717) is 16.9 Å². The molecule has 1 N–H and O–H groups in total. The lowest BCUT2D eigenvalue weighted by atomic mass is 10.1. The molecule has 3 rings (SSSR count). The van der Waals surface area contributed by atoms with Crippen molar-refractivity contribution >= 4 is 40.9 Å². The summed E-state index contributed by atoms with van der Waals surface area (Å²) in [7, 11) is 2.90. The number of thiocarbonyl (C=S) groups is 1. The number of amides is 1. The highest BCUT2D eigenvalue weighted by atomic mass is 35.5. The van der Waals surface area contributed by atoms with Crippen LogP contribution in [0.4, 0.5) is 17.6 Å². The topological polar surface area (TPSA) is 59.4 Å². The fourth-order valence-corrected chi connectivity index (χ4v) is 3.40. The van der Waals surface area contributed by atoms with Crippen LogP contribution in [0.15, 0.2) is 23.9 Å². The first-order valence-corrected chi connectivity index (χ1v) is 9.22. The number of hydrogen-bond acceptors (Lipinski definition) is 4. The van der Waals surface area contributed by atoms with Crippen molar-refractivity contribution < 1.29 is 27.1 Å². The summed E-state index contributed by atoms with van der Waals surface area (Å²) in [4.78, 5) is 13.4. The van der Waals surface area contributed by atoms with Crippen molar-refractivity contribution in [3.05, 3.63) is 51.4 Å². The molecule has 2 heterocycles. The zero-order valence-electron chi connectivity index (χ0n) is 15.6. The van der Waals surface area contributed by atoms with Gasteiger partial charge in [-0.05, 0) is 36.0 Å². The van der Waals surface area contributed by atoms with E-state index in [9.17, 15) is 22.4 Å². The zero-order chi connectivity index (χ0) is 22.2. The van der Waals surface area contributed by atoms with E-state index in [1.165, 1.54) is 25.1 Å². The van der Waals surface area contributed by atoms with Crippen LogP contribution in [0.2, 0.25) is 5.02 Å². The summed E-state index contributed by atoms with van der Waals surface area (Å²) in [6, 6.07) is 4.76. The first kappa shape index (κ1) is 22.0. The number of aromatic nitrogens is 2. The highest BCUT2D eigenvalue weighted by Gasteiger charge is 2.29. The van der Waals surface area contributed by atoms with Crippen LogP contribution in [0, 0.1) is 0 Å². The number of hydrogen-bond donors (Lipinski definition) is 1. The van der Waals surface area contributed by atoms with Gasteiger partial charge in [-0.15, -0.1) is 0 Å². The van der Waals surface area contributed by atoms with E-state index in [4.69, 9.17) is 28.6 Å². The van der Waals surface area contributed by atoms with Crippen LogP contribution in [0.1, 0.15) is 35.4 Å². The average Bonchev–Trinajstić information content (AvgIpc) is 3.13. The Labute approximate surface area is 179 Å². The van der Waals surface area contributed by atoms with E-state index in [1.54, 1.807) is 18.2 Å². The number of carbonyl (C=O) groups excluding carboxylic acids is 1. The number of nitrogens with one attached hydrogen (secondary N) is 1. The maximum Gasteiger partial charge on any atom is 0.283 e. The van der Waals surface area contributed by atoms with Gasteiger partial charge in [0, 0.05) is 12.6 Å². The van der Waals surface area contributed by atoms with Crippen LogP contribution >= 0.6 is 23.8 Å². The number of carbonyl (C=O) groups is 1. The smallest absolute Gasteiger partial charge is 0.283 e. The molecule has 0 unspecified atom stereocenters. The van der Waals surface area contributed by atoms with Gasteiger partial charge >= 0.3 is 0 Å². The van der Waals surface area contributed by atoms with Crippen molar-refractivity contribution in [3.63, 3.8) is 0 Å². The number of alkyl halides is 4. The second kappa shape index (κ2) is 8.60. The third-order valence-corrected chi connectivity index (χ3v) is 5.15. The molecule has 1 aliphatic heterocycles. The van der Waals surface area contributed by atoms with E-state index in [2.05, 4.69) is 10.4 Å². The van der Waals surface area contributed by atoms with Gasteiger partial charge in [0.2, 0.25) is 0 Å². The summed E-state index contributed by atoms with van der Waals surface area (Å²) in [6.07, 6.45) is -4.68. The lowest BCUT2D eigenvalue weighted by Gasteiger charge is -2.12. The largest absolute Gasteiger partial charge is 0.496 e. The molecule has 0 aliphatic carbocycles. The fraction of sp³-hybridized carbons (Fsp3) is 0.278. The predicted molar refractivity (Wildman–Crippen MR) is 106 cm³/mol. The predicted octanol–water partition coefficient (Wildman–Crippen LogP) is 4.16. The average molecular weight is 463 g/mol. The summed E-state index contributed by atoms with van der Waals surface area (Å²) >= 11 is 10.7. The summed E-state index contributed by atoms with van der Waals surface area (Å²) < 4.78 is 59.0. The van der Waals surface area contributed by atoms with Crippen molar-refractivity contribution in [3.8, 4) is 5.75 Å². The minimum atomic E-state index is -3.11. The third kappa shape index (κ3) is 4.12. The molecule has 2 aromatic rings. The maximum absolute atomic E-state index is 13.4. The number of nitrogens with zero attached hydrogens (tertiary/aromatic N) is 3. The number of rotatable bonds is 6. The molecular weight excluding hydrogens is 448 g/mol. The normalized spacial score (nSPS) is 15.6. The Balaban J connectivity index is 2.01. The Morgan fingerprint density at radius 1 is 1.30 bits per heavy atom. The highest BCUT2D eigenvalue weighted by Crippen LogP contribution is 2.35. The Morgan fingerprint density at radius 3 is 2.53 bits per heavy atom. The minimum absolute atomic E-state index is 0.231. The molecule has 1 amide bonds. The van der Waals surface area contributed by atoms with Crippen LogP contribution < -0.4 is 10.1 Å². The van der Waals surface area contributed by atoms with E-state index in [1.807, 2.05) is 0 Å². The van der Waals surface area contributed by atoms with Gasteiger partial charge in [0.25, 0.3) is 18.8 Å². The van der Waals surface area contributed by atoms with Crippen molar-refractivity contribution in [2.45, 2.75) is 19.4 Å². The van der Waals surface area contributed by atoms with E-state index < -0.39 is 29.3 Å². The Hall–Kier alpha value is -2.66. The Kier molecular flexibility index (Phi) is 6.32. The molecular formula is C18H15ClF4N4O2S. The number of halogens is 5. The van der Waals surface area contributed by atoms with Crippen molar-refractivity contribution in [2.24, 2.45) is 0 Å². The molecule has 1 saturated heterocycles. The van der Waals surface area contributed by atoms with Gasteiger partial charge in [0.1, 0.15) is 22.8 Å². The Morgan fingerprint density at radius 2 is 2.00 bits per heavy atom. The second-order valence-electron chi connectivity index (χ2n) is 6.27. The van der Waals surface area contributed by atoms with Crippen molar-refractivity contribution in [2.75, 3.05) is 14.2 Å². The highest BCUT2D eigenvalue weighted by molar-refractivity contribution is 7.80. The maximum atomic E-state index is 13.4. The molecule has 0 saturated carbocycles. The van der Waals surface area contributed by atoms with Gasteiger partial charge in [-0.25, -0.2) is 17.6 Å². The Bertz CT molecular complexity index is 1040. The molecule has 30 heavy (non-hydrogen) atoms. The first-order chi connectivity index (χ1) is 14.1. The third-order valence-electron chi connectivity index (χ3n) is 4.39. The number of methoxy groups -OCH3 is 1. The number of benzene rings is 1. The molecule has 160 valence electrons. The van der Waals surface area contributed by atoms with E-state index in [0.717, 1.165) is 4.68 Å². The molecule has 1 fully saturated rings. The van der Waals surface area contributed by atoms with E-state index >= 15 is 0 Å². The summed E-state index contributed by atoms with van der Waals surface area (Å²) in [6.45, 7) is -0.300. The number of likely N-dealkylation sites (N-methyl/N-ethyl adjacent to an activating group) is 1. The SMILES string of the molecule is COc1ccc(/C=C2/NC(=S)N(C)C2=O)cc1Cn1nc(C(F)F)c(Cl)c1C(F)F. The van der Waals surface area contributed by atoms with Gasteiger partial charge in [0.15, 0.2) is 5.11 Å². The van der Waals surface area contributed by atoms with Gasteiger partial charge in [-0.1, -0.05) is 17.7 Å². The van der Waals surface area contributed by atoms with Crippen LogP contribution in [-0.2, 0) is 11.3 Å². The summed E-state index contributed by atoms with van der Waals surface area (Å²) in [5, 5.41) is 5.80. The van der Waals surface area contributed by atoms with Gasteiger partial charge in [-0.3, -0.25) is 14.4 Å². The quantitative estimate of drug-likeness (QED) is 0.397. The first-order valence-electron chi connectivity index (χ1n) is 8.44. The van der Waals surface area contributed by atoms with Gasteiger partial charge in [0.05, 0.1) is 18.7 Å². The molecule has 0 bridgehead atoms. The molecule has 1 aromatic carbocycles.